The van der Waals surface area contributed by atoms with Crippen LogP contribution in [0.4, 0.5) is 0 Å². The van der Waals surface area contributed by atoms with Crippen molar-refractivity contribution < 1.29 is 0 Å². The fraction of sp³-hybridized carbons (Fsp3) is 0.438. The molecule has 20 heavy (non-hydrogen) atoms. The van der Waals surface area contributed by atoms with E-state index >= 15 is 0 Å². The first kappa shape index (κ1) is 13.7. The molecule has 1 aromatic carbocycles. The van der Waals surface area contributed by atoms with E-state index < -0.39 is 0 Å². The summed E-state index contributed by atoms with van der Waals surface area (Å²) >= 11 is 2.00. The molecule has 1 aliphatic rings. The number of nitrogens with zero attached hydrogens (tertiary/aromatic N) is 2. The minimum absolute atomic E-state index is 0.677. The molecule has 1 N–H and O–H groups in total. The van der Waals surface area contributed by atoms with E-state index in [4.69, 9.17) is 0 Å². The molecule has 0 saturated heterocycles. The second-order valence-corrected chi connectivity index (χ2v) is 6.39. The zero-order valence-electron chi connectivity index (χ0n) is 11.8. The predicted octanol–water partition coefficient (Wildman–Crippen LogP) is 3.25. The maximum absolute atomic E-state index is 4.24. The van der Waals surface area contributed by atoms with Crippen LogP contribution in [0, 0.1) is 0 Å². The average molecular weight is 287 g/mol. The predicted molar refractivity (Wildman–Crippen MR) is 85.3 cm³/mol. The van der Waals surface area contributed by atoms with Crippen LogP contribution < -0.4 is 5.32 Å². The van der Waals surface area contributed by atoms with Gasteiger partial charge in [-0.25, -0.2) is 4.68 Å². The lowest BCUT2D eigenvalue weighted by Crippen LogP contribution is -2.33. The number of thioether (sulfide) groups is 1. The van der Waals surface area contributed by atoms with Crippen LogP contribution in [0.3, 0.4) is 0 Å². The summed E-state index contributed by atoms with van der Waals surface area (Å²) in [7, 11) is 0. The van der Waals surface area contributed by atoms with Crippen molar-refractivity contribution >= 4 is 11.8 Å². The van der Waals surface area contributed by atoms with Crippen LogP contribution in [0.15, 0.2) is 42.7 Å². The Bertz CT molecular complexity index is 521. The largest absolute Gasteiger partial charge is 0.309 e. The fourth-order valence-corrected chi connectivity index (χ4v) is 3.84. The molecule has 1 aromatic heterocycles. The molecule has 0 spiro atoms. The zero-order chi connectivity index (χ0) is 13.8. The third kappa shape index (κ3) is 3.07. The molecule has 0 bridgehead atoms. The standard InChI is InChI=1S/C16H21N3S/c1-20-16-5-2-4-15(16)17-12-13-6-8-14(9-7-13)19-11-3-10-18-19/h3,6-11,15-17H,2,4-5,12H2,1H3. The Morgan fingerprint density at radius 1 is 1.30 bits per heavy atom. The van der Waals surface area contributed by atoms with Crippen molar-refractivity contribution in [1.29, 1.82) is 0 Å². The fourth-order valence-electron chi connectivity index (χ4n) is 2.88. The van der Waals surface area contributed by atoms with Gasteiger partial charge in [-0.15, -0.1) is 0 Å². The smallest absolute Gasteiger partial charge is 0.0645 e. The molecular weight excluding hydrogens is 266 g/mol. The van der Waals surface area contributed by atoms with E-state index in [1.807, 2.05) is 28.7 Å². The average Bonchev–Trinajstić information content (AvgIpc) is 3.16. The third-order valence-corrected chi connectivity index (χ3v) is 5.20. The molecule has 1 aliphatic carbocycles. The highest BCUT2D eigenvalue weighted by atomic mass is 32.2. The molecule has 1 fully saturated rings. The van der Waals surface area contributed by atoms with Crippen LogP contribution in [-0.4, -0.2) is 27.3 Å². The van der Waals surface area contributed by atoms with Gasteiger partial charge in [0, 0.05) is 30.2 Å². The topological polar surface area (TPSA) is 29.9 Å². The van der Waals surface area contributed by atoms with Crippen molar-refractivity contribution in [3.05, 3.63) is 48.3 Å². The number of nitrogens with one attached hydrogen (secondary N) is 1. The maximum Gasteiger partial charge on any atom is 0.0645 e. The zero-order valence-corrected chi connectivity index (χ0v) is 12.6. The molecule has 0 amide bonds. The van der Waals surface area contributed by atoms with Crippen LogP contribution >= 0.6 is 11.8 Å². The lowest BCUT2D eigenvalue weighted by atomic mass is 10.2. The molecule has 1 heterocycles. The summed E-state index contributed by atoms with van der Waals surface area (Å²) in [6.07, 6.45) is 10.0. The second-order valence-electron chi connectivity index (χ2n) is 5.31. The van der Waals surface area contributed by atoms with Crippen LogP contribution in [0.25, 0.3) is 5.69 Å². The summed E-state index contributed by atoms with van der Waals surface area (Å²) in [5, 5.41) is 8.74. The molecule has 106 valence electrons. The Morgan fingerprint density at radius 2 is 2.15 bits per heavy atom. The first-order valence-corrected chi connectivity index (χ1v) is 8.51. The van der Waals surface area contributed by atoms with Gasteiger partial charge in [0.05, 0.1) is 5.69 Å². The van der Waals surface area contributed by atoms with E-state index in [9.17, 15) is 0 Å². The normalized spacial score (nSPS) is 22.2. The summed E-state index contributed by atoms with van der Waals surface area (Å²) in [5.74, 6) is 0. The SMILES string of the molecule is CSC1CCCC1NCc1ccc(-n2cccn2)cc1. The number of benzene rings is 1. The molecular formula is C16H21N3S. The van der Waals surface area contributed by atoms with Crippen molar-refractivity contribution in [2.75, 3.05) is 6.26 Å². The van der Waals surface area contributed by atoms with Gasteiger partial charge in [-0.3, -0.25) is 0 Å². The van der Waals surface area contributed by atoms with E-state index in [0.29, 0.717) is 6.04 Å². The van der Waals surface area contributed by atoms with Gasteiger partial charge in [0.25, 0.3) is 0 Å². The summed E-state index contributed by atoms with van der Waals surface area (Å²) in [5.41, 5.74) is 2.45. The highest BCUT2D eigenvalue weighted by molar-refractivity contribution is 7.99. The molecule has 2 aromatic rings. The Morgan fingerprint density at radius 3 is 2.85 bits per heavy atom. The van der Waals surface area contributed by atoms with Crippen LogP contribution in [0.2, 0.25) is 0 Å². The van der Waals surface area contributed by atoms with E-state index in [1.165, 1.54) is 24.8 Å². The van der Waals surface area contributed by atoms with E-state index in [0.717, 1.165) is 17.5 Å². The lowest BCUT2D eigenvalue weighted by Gasteiger charge is -2.19. The van der Waals surface area contributed by atoms with Crippen molar-refractivity contribution in [1.82, 2.24) is 15.1 Å². The first-order valence-electron chi connectivity index (χ1n) is 7.22. The van der Waals surface area contributed by atoms with Gasteiger partial charge < -0.3 is 5.32 Å². The summed E-state index contributed by atoms with van der Waals surface area (Å²) in [6.45, 7) is 0.959. The van der Waals surface area contributed by atoms with Crippen LogP contribution in [-0.2, 0) is 6.54 Å². The van der Waals surface area contributed by atoms with Crippen molar-refractivity contribution in [3.8, 4) is 5.69 Å². The van der Waals surface area contributed by atoms with Crippen molar-refractivity contribution in [2.24, 2.45) is 0 Å². The molecule has 3 rings (SSSR count). The molecule has 2 atom stereocenters. The monoisotopic (exact) mass is 287 g/mol. The minimum atomic E-state index is 0.677. The van der Waals surface area contributed by atoms with Crippen LogP contribution in [0.1, 0.15) is 24.8 Å². The molecule has 2 unspecified atom stereocenters. The lowest BCUT2D eigenvalue weighted by molar-refractivity contribution is 0.532. The van der Waals surface area contributed by atoms with Crippen LogP contribution in [0.5, 0.6) is 0 Å². The molecule has 0 aliphatic heterocycles. The van der Waals surface area contributed by atoms with Gasteiger partial charge >= 0.3 is 0 Å². The number of hydrogen-bond acceptors (Lipinski definition) is 3. The first-order chi connectivity index (χ1) is 9.86. The summed E-state index contributed by atoms with van der Waals surface area (Å²) in [6, 6.07) is 11.3. The van der Waals surface area contributed by atoms with Gasteiger partial charge in [0.1, 0.15) is 0 Å². The molecule has 0 radical (unpaired) electrons. The third-order valence-electron chi connectivity index (χ3n) is 4.03. The van der Waals surface area contributed by atoms with E-state index in [-0.39, 0.29) is 0 Å². The van der Waals surface area contributed by atoms with Gasteiger partial charge in [0.2, 0.25) is 0 Å². The molecule has 4 heteroatoms. The van der Waals surface area contributed by atoms with Gasteiger partial charge in [-0.1, -0.05) is 18.6 Å². The maximum atomic E-state index is 4.24. The Hall–Kier alpha value is -1.26. The summed E-state index contributed by atoms with van der Waals surface area (Å²) < 4.78 is 1.89. The molecule has 3 nitrogen and oxygen atoms in total. The minimum Gasteiger partial charge on any atom is -0.309 e. The van der Waals surface area contributed by atoms with Gasteiger partial charge in [-0.05, 0) is 42.9 Å². The van der Waals surface area contributed by atoms with Crippen molar-refractivity contribution in [3.63, 3.8) is 0 Å². The van der Waals surface area contributed by atoms with Crippen molar-refractivity contribution in [2.45, 2.75) is 37.1 Å². The van der Waals surface area contributed by atoms with Gasteiger partial charge in [-0.2, -0.15) is 16.9 Å². The Balaban J connectivity index is 1.58. The van der Waals surface area contributed by atoms with E-state index in [1.54, 1.807) is 6.20 Å². The Labute approximate surface area is 124 Å². The summed E-state index contributed by atoms with van der Waals surface area (Å²) in [4.78, 5) is 0. The Kier molecular flexibility index (Phi) is 4.43. The number of aromatic nitrogens is 2. The van der Waals surface area contributed by atoms with Gasteiger partial charge in [0.15, 0.2) is 0 Å². The number of rotatable bonds is 5. The second kappa shape index (κ2) is 6.46. The molecule has 1 saturated carbocycles. The highest BCUT2D eigenvalue weighted by Gasteiger charge is 2.25. The van der Waals surface area contributed by atoms with E-state index in [2.05, 4.69) is 40.9 Å². The number of hydrogen-bond donors (Lipinski definition) is 1. The quantitative estimate of drug-likeness (QED) is 0.915. The highest BCUT2D eigenvalue weighted by Crippen LogP contribution is 2.28.